The first-order valence-corrected chi connectivity index (χ1v) is 8.14. The SMILES string of the molecule is C=CCOC[C@@H](O)[C@@H](O)[C@@H](O)C(SCC)SCC. The number of ether oxygens (including phenoxy) is 1. The molecule has 0 aliphatic heterocycles. The zero-order valence-electron chi connectivity index (χ0n) is 11.0. The molecule has 0 bridgehead atoms. The normalized spacial score (nSPS) is 16.6. The lowest BCUT2D eigenvalue weighted by Crippen LogP contribution is -2.44. The summed E-state index contributed by atoms with van der Waals surface area (Å²) in [7, 11) is 0. The molecule has 0 rings (SSSR count). The van der Waals surface area contributed by atoms with Crippen molar-refractivity contribution >= 4 is 23.5 Å². The molecule has 108 valence electrons. The predicted molar refractivity (Wildman–Crippen MR) is 79.1 cm³/mol. The third kappa shape index (κ3) is 7.01. The Bertz CT molecular complexity index is 210. The van der Waals surface area contributed by atoms with Gasteiger partial charge in [0.1, 0.15) is 18.3 Å². The van der Waals surface area contributed by atoms with Crippen molar-refractivity contribution in [1.82, 2.24) is 0 Å². The van der Waals surface area contributed by atoms with Crippen LogP contribution in [-0.4, -0.2) is 62.9 Å². The van der Waals surface area contributed by atoms with Gasteiger partial charge in [0.2, 0.25) is 0 Å². The van der Waals surface area contributed by atoms with Gasteiger partial charge >= 0.3 is 0 Å². The van der Waals surface area contributed by atoms with E-state index in [4.69, 9.17) is 4.74 Å². The van der Waals surface area contributed by atoms with Gasteiger partial charge in [-0.1, -0.05) is 19.9 Å². The fourth-order valence-corrected chi connectivity index (χ4v) is 3.91. The minimum Gasteiger partial charge on any atom is -0.388 e. The highest BCUT2D eigenvalue weighted by Gasteiger charge is 2.31. The quantitative estimate of drug-likeness (QED) is 0.301. The monoisotopic (exact) mass is 296 g/mol. The standard InChI is InChI=1S/C12H24O4S2/c1-4-7-16-8-9(13)10(14)11(15)12(17-5-2)18-6-3/h4,9-15H,1,5-8H2,2-3H3/t9-,10-,11-/m1/s1. The van der Waals surface area contributed by atoms with Gasteiger partial charge in [-0.25, -0.2) is 0 Å². The largest absolute Gasteiger partial charge is 0.388 e. The van der Waals surface area contributed by atoms with E-state index >= 15 is 0 Å². The fourth-order valence-electron chi connectivity index (χ4n) is 1.33. The molecule has 0 aliphatic rings. The molecule has 0 saturated heterocycles. The van der Waals surface area contributed by atoms with Crippen molar-refractivity contribution < 1.29 is 20.1 Å². The first-order valence-electron chi connectivity index (χ1n) is 6.04. The fraction of sp³-hybridized carbons (Fsp3) is 0.833. The molecular formula is C12H24O4S2. The Balaban J connectivity index is 4.24. The van der Waals surface area contributed by atoms with Crippen LogP contribution in [0.2, 0.25) is 0 Å². The first-order chi connectivity index (χ1) is 8.58. The molecule has 3 N–H and O–H groups in total. The summed E-state index contributed by atoms with van der Waals surface area (Å²) in [5, 5.41) is 29.6. The second kappa shape index (κ2) is 11.1. The average molecular weight is 296 g/mol. The Morgan fingerprint density at radius 2 is 1.67 bits per heavy atom. The minimum absolute atomic E-state index is 0.00937. The van der Waals surface area contributed by atoms with Gasteiger partial charge in [0, 0.05) is 0 Å². The zero-order chi connectivity index (χ0) is 14.0. The van der Waals surface area contributed by atoms with E-state index < -0.39 is 18.3 Å². The molecule has 0 aromatic carbocycles. The Hall–Kier alpha value is 0.280. The lowest BCUT2D eigenvalue weighted by atomic mass is 10.1. The molecular weight excluding hydrogens is 272 g/mol. The smallest absolute Gasteiger partial charge is 0.110 e. The van der Waals surface area contributed by atoms with E-state index in [-0.39, 0.29) is 11.2 Å². The van der Waals surface area contributed by atoms with E-state index in [0.29, 0.717) is 6.61 Å². The van der Waals surface area contributed by atoms with Crippen LogP contribution in [-0.2, 0) is 4.74 Å². The number of aliphatic hydroxyl groups excluding tert-OH is 3. The van der Waals surface area contributed by atoms with Gasteiger partial charge in [-0.3, -0.25) is 0 Å². The molecule has 0 fully saturated rings. The van der Waals surface area contributed by atoms with E-state index in [2.05, 4.69) is 6.58 Å². The molecule has 0 radical (unpaired) electrons. The van der Waals surface area contributed by atoms with Crippen LogP contribution in [0.4, 0.5) is 0 Å². The molecule has 3 atom stereocenters. The van der Waals surface area contributed by atoms with Gasteiger partial charge < -0.3 is 20.1 Å². The second-order valence-electron chi connectivity index (χ2n) is 3.65. The van der Waals surface area contributed by atoms with Crippen molar-refractivity contribution in [3.05, 3.63) is 12.7 Å². The van der Waals surface area contributed by atoms with E-state index in [1.165, 1.54) is 0 Å². The number of hydrogen-bond acceptors (Lipinski definition) is 6. The molecule has 0 aromatic heterocycles. The molecule has 0 unspecified atom stereocenters. The maximum Gasteiger partial charge on any atom is 0.110 e. The van der Waals surface area contributed by atoms with Crippen LogP contribution in [0.5, 0.6) is 0 Å². The Labute approximate surface area is 118 Å². The predicted octanol–water partition coefficient (Wildman–Crippen LogP) is 1.10. The van der Waals surface area contributed by atoms with E-state index in [9.17, 15) is 15.3 Å². The summed E-state index contributed by atoms with van der Waals surface area (Å²) >= 11 is 3.14. The van der Waals surface area contributed by atoms with Crippen molar-refractivity contribution in [2.24, 2.45) is 0 Å². The van der Waals surface area contributed by atoms with Crippen molar-refractivity contribution in [1.29, 1.82) is 0 Å². The van der Waals surface area contributed by atoms with Crippen molar-refractivity contribution in [2.45, 2.75) is 36.7 Å². The average Bonchev–Trinajstić information content (AvgIpc) is 2.37. The Kier molecular flexibility index (Phi) is 11.3. The summed E-state index contributed by atoms with van der Waals surface area (Å²) in [5.74, 6) is 1.70. The first kappa shape index (κ1) is 18.3. The van der Waals surface area contributed by atoms with E-state index in [0.717, 1.165) is 11.5 Å². The molecule has 0 spiro atoms. The lowest BCUT2D eigenvalue weighted by Gasteiger charge is -2.28. The number of hydrogen-bond donors (Lipinski definition) is 3. The molecule has 18 heavy (non-hydrogen) atoms. The third-order valence-electron chi connectivity index (χ3n) is 2.21. The summed E-state index contributed by atoms with van der Waals surface area (Å²) in [5.41, 5.74) is 0. The van der Waals surface area contributed by atoms with Gasteiger partial charge in [-0.15, -0.1) is 30.1 Å². The molecule has 6 heteroatoms. The maximum atomic E-state index is 10.0. The second-order valence-corrected chi connectivity index (χ2v) is 6.79. The molecule has 0 amide bonds. The van der Waals surface area contributed by atoms with Crippen LogP contribution >= 0.6 is 23.5 Å². The van der Waals surface area contributed by atoms with Crippen molar-refractivity contribution in [3.63, 3.8) is 0 Å². The summed E-state index contributed by atoms with van der Waals surface area (Å²) in [6.45, 7) is 7.79. The van der Waals surface area contributed by atoms with Gasteiger partial charge in [-0.05, 0) is 11.5 Å². The number of rotatable bonds is 11. The third-order valence-corrected chi connectivity index (χ3v) is 4.91. The van der Waals surface area contributed by atoms with Gasteiger partial charge in [0.15, 0.2) is 0 Å². The molecule has 0 saturated carbocycles. The van der Waals surface area contributed by atoms with Gasteiger partial charge in [0.25, 0.3) is 0 Å². The van der Waals surface area contributed by atoms with E-state index in [1.807, 2.05) is 13.8 Å². The number of thioether (sulfide) groups is 2. The summed E-state index contributed by atoms with van der Waals surface area (Å²) in [6, 6.07) is 0. The lowest BCUT2D eigenvalue weighted by molar-refractivity contribution is -0.0803. The van der Waals surface area contributed by atoms with Crippen LogP contribution in [0.15, 0.2) is 12.7 Å². The van der Waals surface area contributed by atoms with Crippen LogP contribution in [0.1, 0.15) is 13.8 Å². The minimum atomic E-state index is -1.20. The van der Waals surface area contributed by atoms with Crippen LogP contribution < -0.4 is 0 Å². The summed E-state index contributed by atoms with van der Waals surface area (Å²) in [4.78, 5) is 0. The molecule has 4 nitrogen and oxygen atoms in total. The van der Waals surface area contributed by atoms with E-state index in [1.54, 1.807) is 29.6 Å². The van der Waals surface area contributed by atoms with Crippen LogP contribution in [0, 0.1) is 0 Å². The highest BCUT2D eigenvalue weighted by atomic mass is 32.2. The van der Waals surface area contributed by atoms with Crippen LogP contribution in [0.3, 0.4) is 0 Å². The molecule has 0 aliphatic carbocycles. The maximum absolute atomic E-state index is 10.0. The van der Waals surface area contributed by atoms with Crippen molar-refractivity contribution in [2.75, 3.05) is 24.7 Å². The van der Waals surface area contributed by atoms with Crippen LogP contribution in [0.25, 0.3) is 0 Å². The summed E-state index contributed by atoms with van der Waals surface area (Å²) < 4.78 is 4.93. The highest BCUT2D eigenvalue weighted by molar-refractivity contribution is 8.17. The van der Waals surface area contributed by atoms with Gasteiger partial charge in [0.05, 0.1) is 17.8 Å². The highest BCUT2D eigenvalue weighted by Crippen LogP contribution is 2.28. The zero-order valence-corrected chi connectivity index (χ0v) is 12.6. The molecule has 0 heterocycles. The van der Waals surface area contributed by atoms with Crippen molar-refractivity contribution in [3.8, 4) is 0 Å². The Morgan fingerprint density at radius 3 is 2.11 bits per heavy atom. The summed E-state index contributed by atoms with van der Waals surface area (Å²) in [6.07, 6.45) is -1.68. The Morgan fingerprint density at radius 1 is 1.11 bits per heavy atom. The van der Waals surface area contributed by atoms with Gasteiger partial charge in [-0.2, -0.15) is 0 Å². The number of aliphatic hydroxyl groups is 3. The molecule has 0 aromatic rings. The topological polar surface area (TPSA) is 69.9 Å².